The van der Waals surface area contributed by atoms with Crippen LogP contribution in [0.25, 0.3) is 0 Å². The number of methoxy groups -OCH3 is 1. The van der Waals surface area contributed by atoms with Crippen LogP contribution in [0.2, 0.25) is 0 Å². The number of carbonyl (C=O) groups is 1. The van der Waals surface area contributed by atoms with E-state index in [2.05, 4.69) is 22.3 Å². The minimum Gasteiger partial charge on any atom is -0.493 e. The van der Waals surface area contributed by atoms with Gasteiger partial charge < -0.3 is 14.8 Å². The Morgan fingerprint density at radius 2 is 2.19 bits per heavy atom. The lowest BCUT2D eigenvalue weighted by Crippen LogP contribution is -2.31. The summed E-state index contributed by atoms with van der Waals surface area (Å²) in [5.41, 5.74) is 2.66. The number of rotatable bonds is 5. The molecule has 0 fully saturated rings. The monoisotopic (exact) mass is 354 g/mol. The summed E-state index contributed by atoms with van der Waals surface area (Å²) in [5.74, 6) is 2.18. The van der Waals surface area contributed by atoms with Crippen LogP contribution in [-0.4, -0.2) is 34.3 Å². The van der Waals surface area contributed by atoms with Crippen molar-refractivity contribution in [3.05, 3.63) is 41.4 Å². The number of carbonyl (C=O) groups excluding carboxylic acids is 1. The first-order valence-electron chi connectivity index (χ1n) is 8.96. The fourth-order valence-electron chi connectivity index (χ4n) is 3.59. The topological polar surface area (TPSA) is 78.3 Å². The first-order valence-corrected chi connectivity index (χ1v) is 8.96. The van der Waals surface area contributed by atoms with E-state index in [0.29, 0.717) is 30.5 Å². The van der Waals surface area contributed by atoms with Crippen molar-refractivity contribution in [2.75, 3.05) is 19.0 Å². The molecular weight excluding hydrogens is 332 g/mol. The summed E-state index contributed by atoms with van der Waals surface area (Å²) in [6.07, 6.45) is 4.70. The maximum absolute atomic E-state index is 12.7. The second-order valence-electron chi connectivity index (χ2n) is 6.48. The van der Waals surface area contributed by atoms with Gasteiger partial charge in [-0.1, -0.05) is 13.0 Å². The maximum atomic E-state index is 12.7. The molecule has 0 saturated heterocycles. The standard InChI is InChI=1S/C19H22N4O3/c1-3-9-26-15-8-7-12(10-16(15)25-2)18-17-13(5-4-6-14(17)24)22-19-20-11-21-23(18)19/h7-8,10-11,18H,3-6,9H2,1-2H3,(H,20,21,22). The fourth-order valence-corrected chi connectivity index (χ4v) is 3.59. The second-order valence-corrected chi connectivity index (χ2v) is 6.48. The number of ether oxygens (including phenoxy) is 2. The largest absolute Gasteiger partial charge is 0.493 e. The molecule has 136 valence electrons. The van der Waals surface area contributed by atoms with Crippen molar-refractivity contribution in [3.63, 3.8) is 0 Å². The summed E-state index contributed by atoms with van der Waals surface area (Å²) < 4.78 is 13.0. The predicted molar refractivity (Wildman–Crippen MR) is 96.4 cm³/mol. The van der Waals surface area contributed by atoms with Gasteiger partial charge in [-0.2, -0.15) is 10.1 Å². The van der Waals surface area contributed by atoms with E-state index in [9.17, 15) is 4.79 Å². The van der Waals surface area contributed by atoms with Crippen molar-refractivity contribution in [1.82, 2.24) is 14.8 Å². The van der Waals surface area contributed by atoms with Crippen molar-refractivity contribution < 1.29 is 14.3 Å². The van der Waals surface area contributed by atoms with Crippen LogP contribution in [0.4, 0.5) is 5.95 Å². The van der Waals surface area contributed by atoms with Gasteiger partial charge in [0.1, 0.15) is 12.4 Å². The minimum atomic E-state index is -0.300. The van der Waals surface area contributed by atoms with Crippen LogP contribution in [0.15, 0.2) is 35.8 Å². The van der Waals surface area contributed by atoms with Crippen molar-refractivity contribution in [2.24, 2.45) is 0 Å². The first-order chi connectivity index (χ1) is 12.7. The third-order valence-electron chi connectivity index (χ3n) is 4.78. The van der Waals surface area contributed by atoms with Crippen LogP contribution in [0, 0.1) is 0 Å². The Bertz CT molecular complexity index is 871. The number of fused-ring (bicyclic) bond motifs is 1. The molecule has 1 aromatic heterocycles. The summed E-state index contributed by atoms with van der Waals surface area (Å²) in [4.78, 5) is 17.0. The molecule has 0 saturated carbocycles. The van der Waals surface area contributed by atoms with Gasteiger partial charge in [0.15, 0.2) is 17.3 Å². The van der Waals surface area contributed by atoms with Gasteiger partial charge in [0.25, 0.3) is 0 Å². The lowest BCUT2D eigenvalue weighted by molar-refractivity contribution is -0.116. The van der Waals surface area contributed by atoms with Crippen molar-refractivity contribution in [2.45, 2.75) is 38.6 Å². The molecule has 0 amide bonds. The molecule has 0 bridgehead atoms. The summed E-state index contributed by atoms with van der Waals surface area (Å²) in [5, 5.41) is 7.62. The molecule has 1 unspecified atom stereocenters. The molecule has 1 aliphatic heterocycles. The highest BCUT2D eigenvalue weighted by Gasteiger charge is 2.36. The van der Waals surface area contributed by atoms with E-state index >= 15 is 0 Å². The summed E-state index contributed by atoms with van der Waals surface area (Å²) >= 11 is 0. The Kier molecular flexibility index (Phi) is 4.36. The van der Waals surface area contributed by atoms with Gasteiger partial charge in [-0.05, 0) is 37.0 Å². The van der Waals surface area contributed by atoms with Crippen molar-refractivity contribution in [3.8, 4) is 11.5 Å². The van der Waals surface area contributed by atoms with Gasteiger partial charge >= 0.3 is 0 Å². The summed E-state index contributed by atoms with van der Waals surface area (Å²) in [6, 6.07) is 5.50. The molecule has 1 N–H and O–H groups in total. The molecule has 1 aliphatic carbocycles. The highest BCUT2D eigenvalue weighted by Crippen LogP contribution is 2.41. The van der Waals surface area contributed by atoms with Crippen LogP contribution >= 0.6 is 0 Å². The summed E-state index contributed by atoms with van der Waals surface area (Å²) in [7, 11) is 1.62. The number of anilines is 1. The third kappa shape index (κ3) is 2.73. The van der Waals surface area contributed by atoms with E-state index in [1.807, 2.05) is 18.2 Å². The summed E-state index contributed by atoms with van der Waals surface area (Å²) in [6.45, 7) is 2.69. The van der Waals surface area contributed by atoms with Crippen LogP contribution in [-0.2, 0) is 4.79 Å². The first kappa shape index (κ1) is 16.6. The number of hydrogen-bond acceptors (Lipinski definition) is 6. The number of ketones is 1. The lowest BCUT2D eigenvalue weighted by Gasteiger charge is -2.32. The average molecular weight is 354 g/mol. The molecule has 2 heterocycles. The average Bonchev–Trinajstić information content (AvgIpc) is 3.13. The molecule has 1 atom stereocenters. The number of Topliss-reactive ketones (excluding diaryl/α,β-unsaturated/α-hetero) is 1. The lowest BCUT2D eigenvalue weighted by atomic mass is 9.85. The SMILES string of the molecule is CCCOc1ccc(C2C3=C(CCCC3=O)Nc3ncnn32)cc1OC. The number of nitrogens with zero attached hydrogens (tertiary/aromatic N) is 3. The van der Waals surface area contributed by atoms with E-state index in [-0.39, 0.29) is 11.8 Å². The molecular formula is C19H22N4O3. The molecule has 2 aromatic rings. The van der Waals surface area contributed by atoms with E-state index in [1.165, 1.54) is 6.33 Å². The highest BCUT2D eigenvalue weighted by molar-refractivity contribution is 5.99. The Hall–Kier alpha value is -2.83. The molecule has 7 heteroatoms. The molecule has 26 heavy (non-hydrogen) atoms. The molecule has 7 nitrogen and oxygen atoms in total. The van der Waals surface area contributed by atoms with Gasteiger partial charge in [0.05, 0.1) is 13.7 Å². The quantitative estimate of drug-likeness (QED) is 0.889. The number of allylic oxidation sites excluding steroid dienone is 2. The van der Waals surface area contributed by atoms with Gasteiger partial charge in [-0.25, -0.2) is 4.68 Å². The Morgan fingerprint density at radius 3 is 3.00 bits per heavy atom. The molecule has 4 rings (SSSR count). The Morgan fingerprint density at radius 1 is 1.31 bits per heavy atom. The molecule has 1 aromatic carbocycles. The zero-order valence-corrected chi connectivity index (χ0v) is 15.0. The van der Waals surface area contributed by atoms with Crippen molar-refractivity contribution >= 4 is 11.7 Å². The van der Waals surface area contributed by atoms with E-state index in [0.717, 1.165) is 36.1 Å². The Labute approximate surface area is 152 Å². The number of nitrogens with one attached hydrogen (secondary N) is 1. The normalized spacial score (nSPS) is 18.8. The van der Waals surface area contributed by atoms with Gasteiger partial charge in [-0.3, -0.25) is 4.79 Å². The number of hydrogen-bond donors (Lipinski definition) is 1. The van der Waals surface area contributed by atoms with Crippen LogP contribution < -0.4 is 14.8 Å². The van der Waals surface area contributed by atoms with Crippen LogP contribution in [0.5, 0.6) is 11.5 Å². The number of aromatic nitrogens is 3. The fraction of sp³-hybridized carbons (Fsp3) is 0.421. The maximum Gasteiger partial charge on any atom is 0.226 e. The van der Waals surface area contributed by atoms with E-state index < -0.39 is 0 Å². The zero-order valence-electron chi connectivity index (χ0n) is 15.0. The molecule has 0 spiro atoms. The predicted octanol–water partition coefficient (Wildman–Crippen LogP) is 3.10. The molecule has 0 radical (unpaired) electrons. The second kappa shape index (κ2) is 6.82. The minimum absolute atomic E-state index is 0.162. The number of benzene rings is 1. The van der Waals surface area contributed by atoms with Crippen LogP contribution in [0.3, 0.4) is 0 Å². The Balaban J connectivity index is 1.80. The van der Waals surface area contributed by atoms with Gasteiger partial charge in [0, 0.05) is 17.7 Å². The smallest absolute Gasteiger partial charge is 0.226 e. The molecule has 2 aliphatic rings. The van der Waals surface area contributed by atoms with Crippen molar-refractivity contribution in [1.29, 1.82) is 0 Å². The van der Waals surface area contributed by atoms with Gasteiger partial charge in [-0.15, -0.1) is 0 Å². The third-order valence-corrected chi connectivity index (χ3v) is 4.78. The van der Waals surface area contributed by atoms with Crippen LogP contribution in [0.1, 0.15) is 44.2 Å². The van der Waals surface area contributed by atoms with E-state index in [4.69, 9.17) is 9.47 Å². The van der Waals surface area contributed by atoms with Gasteiger partial charge in [0.2, 0.25) is 5.95 Å². The zero-order chi connectivity index (χ0) is 18.1. The highest BCUT2D eigenvalue weighted by atomic mass is 16.5. The van der Waals surface area contributed by atoms with E-state index in [1.54, 1.807) is 11.8 Å².